The monoisotopic (exact) mass is 830 g/mol. The summed E-state index contributed by atoms with van der Waals surface area (Å²) in [6, 6.07) is 79.0. The van der Waals surface area contributed by atoms with E-state index in [2.05, 4.69) is 242 Å². The average molecular weight is 831 g/mol. The number of benzene rings is 10. The topological polar surface area (TPSA) is 34.0 Å². The first kappa shape index (κ1) is 37.2. The van der Waals surface area contributed by atoms with Crippen molar-refractivity contribution in [1.82, 2.24) is 14.5 Å². The highest BCUT2D eigenvalue weighted by Gasteiger charge is 2.37. The first-order valence-electron chi connectivity index (χ1n) is 22.4. The smallest absolute Gasteiger partial charge is 0.160 e. The van der Waals surface area contributed by atoms with Gasteiger partial charge in [-0.1, -0.05) is 178 Å². The highest BCUT2D eigenvalue weighted by Crippen LogP contribution is 2.53. The second kappa shape index (κ2) is 14.3. The standard InChI is InChI=1S/C61H42N4/c1-61(2)51-29-13-14-30-53(51)64(44-22-7-4-8-23-44)54-35-33-42(38-52(54)61)48-27-16-28-49-56-46-25-11-9-17-39(46)32-36-55(56)65(59(48)49)45-24-15-21-43(37-45)60-62-57(41-19-5-3-6-20-41)50-34-31-40-18-10-12-26-47(40)58(50)63-60/h3-38H,1-2H3. The number of nitrogens with zero attached hydrogens (tertiary/aromatic N) is 4. The zero-order valence-electron chi connectivity index (χ0n) is 36.1. The molecule has 3 heterocycles. The van der Waals surface area contributed by atoms with Crippen molar-refractivity contribution in [3.05, 3.63) is 230 Å². The van der Waals surface area contributed by atoms with Crippen molar-refractivity contribution < 1.29 is 0 Å². The molecule has 2 aromatic heterocycles. The lowest BCUT2D eigenvalue weighted by Crippen LogP contribution is -2.30. The van der Waals surface area contributed by atoms with Crippen LogP contribution in [0.15, 0.2) is 218 Å². The quantitative estimate of drug-likeness (QED) is 0.162. The van der Waals surface area contributed by atoms with Gasteiger partial charge in [-0.05, 0) is 87.4 Å². The van der Waals surface area contributed by atoms with Crippen LogP contribution in [0.2, 0.25) is 0 Å². The Balaban J connectivity index is 1.06. The second-order valence-electron chi connectivity index (χ2n) is 17.8. The van der Waals surface area contributed by atoms with Gasteiger partial charge in [0.2, 0.25) is 0 Å². The molecule has 65 heavy (non-hydrogen) atoms. The van der Waals surface area contributed by atoms with Crippen molar-refractivity contribution in [2.75, 3.05) is 4.90 Å². The molecule has 0 fully saturated rings. The molecule has 0 spiro atoms. The summed E-state index contributed by atoms with van der Waals surface area (Å²) in [6.07, 6.45) is 0. The van der Waals surface area contributed by atoms with Crippen molar-refractivity contribution in [3.8, 4) is 39.5 Å². The molecule has 0 N–H and O–H groups in total. The van der Waals surface area contributed by atoms with Crippen LogP contribution in [0.1, 0.15) is 25.0 Å². The molecule has 0 radical (unpaired) electrons. The number of para-hydroxylation sites is 3. The van der Waals surface area contributed by atoms with Gasteiger partial charge in [-0.2, -0.15) is 0 Å². The van der Waals surface area contributed by atoms with Crippen molar-refractivity contribution in [1.29, 1.82) is 0 Å². The molecule has 0 saturated heterocycles. The molecular weight excluding hydrogens is 789 g/mol. The van der Waals surface area contributed by atoms with E-state index in [0.29, 0.717) is 5.82 Å². The van der Waals surface area contributed by atoms with Gasteiger partial charge < -0.3 is 9.47 Å². The Morgan fingerprint density at radius 2 is 1.06 bits per heavy atom. The van der Waals surface area contributed by atoms with E-state index in [-0.39, 0.29) is 5.41 Å². The summed E-state index contributed by atoms with van der Waals surface area (Å²) in [4.78, 5) is 13.2. The zero-order valence-corrected chi connectivity index (χ0v) is 36.1. The van der Waals surface area contributed by atoms with Crippen molar-refractivity contribution >= 4 is 71.3 Å². The minimum Gasteiger partial charge on any atom is -0.310 e. The highest BCUT2D eigenvalue weighted by atomic mass is 15.2. The van der Waals surface area contributed by atoms with Gasteiger partial charge in [0.1, 0.15) is 0 Å². The van der Waals surface area contributed by atoms with Gasteiger partial charge in [-0.25, -0.2) is 9.97 Å². The molecule has 0 unspecified atom stereocenters. The molecule has 0 saturated carbocycles. The van der Waals surface area contributed by atoms with Crippen molar-refractivity contribution in [3.63, 3.8) is 0 Å². The lowest BCUT2D eigenvalue weighted by atomic mass is 9.73. The van der Waals surface area contributed by atoms with E-state index >= 15 is 0 Å². The Labute approximate surface area is 377 Å². The van der Waals surface area contributed by atoms with Crippen LogP contribution in [0, 0.1) is 0 Å². The maximum absolute atomic E-state index is 5.39. The SMILES string of the molecule is CC1(C)c2ccccc2N(c2ccccc2)c2ccc(-c3cccc4c5c6ccccc6ccc5n(-c5cccc(-c6nc(-c7ccccc7)c7ccc8ccccc8c7n6)c5)c34)cc21. The molecule has 0 amide bonds. The summed E-state index contributed by atoms with van der Waals surface area (Å²) in [5.74, 6) is 0.696. The Morgan fingerprint density at radius 3 is 1.91 bits per heavy atom. The first-order valence-corrected chi connectivity index (χ1v) is 22.4. The molecule has 0 atom stereocenters. The molecule has 10 aromatic carbocycles. The number of anilines is 3. The Hall–Kier alpha value is -8.34. The van der Waals surface area contributed by atoms with Crippen LogP contribution in [0.3, 0.4) is 0 Å². The summed E-state index contributed by atoms with van der Waals surface area (Å²) in [7, 11) is 0. The van der Waals surface area contributed by atoms with Gasteiger partial charge in [0.15, 0.2) is 5.82 Å². The minimum absolute atomic E-state index is 0.248. The molecule has 1 aliphatic heterocycles. The van der Waals surface area contributed by atoms with Crippen molar-refractivity contribution in [2.45, 2.75) is 19.3 Å². The molecule has 306 valence electrons. The van der Waals surface area contributed by atoms with Crippen LogP contribution in [0.25, 0.3) is 93.7 Å². The summed E-state index contributed by atoms with van der Waals surface area (Å²) >= 11 is 0. The second-order valence-corrected chi connectivity index (χ2v) is 17.8. The summed E-state index contributed by atoms with van der Waals surface area (Å²) in [5.41, 5.74) is 15.6. The molecule has 4 nitrogen and oxygen atoms in total. The highest BCUT2D eigenvalue weighted by molar-refractivity contribution is 6.23. The fraction of sp³-hybridized carbons (Fsp3) is 0.0492. The number of hydrogen-bond acceptors (Lipinski definition) is 3. The third-order valence-electron chi connectivity index (χ3n) is 13.7. The Kier molecular flexibility index (Phi) is 8.22. The summed E-state index contributed by atoms with van der Waals surface area (Å²) in [5, 5.41) is 8.23. The Morgan fingerprint density at radius 1 is 0.415 bits per heavy atom. The number of rotatable bonds is 5. The van der Waals surface area contributed by atoms with Crippen LogP contribution < -0.4 is 4.90 Å². The molecule has 1 aliphatic rings. The maximum Gasteiger partial charge on any atom is 0.160 e. The van der Waals surface area contributed by atoms with Gasteiger partial charge in [-0.3, -0.25) is 0 Å². The summed E-state index contributed by atoms with van der Waals surface area (Å²) < 4.78 is 2.47. The maximum atomic E-state index is 5.39. The molecule has 0 bridgehead atoms. The molecule has 4 heteroatoms. The average Bonchev–Trinajstić information content (AvgIpc) is 3.72. The molecule has 12 aromatic rings. The summed E-state index contributed by atoms with van der Waals surface area (Å²) in [6.45, 7) is 4.74. The van der Waals surface area contributed by atoms with Gasteiger partial charge in [0.05, 0.1) is 33.6 Å². The van der Waals surface area contributed by atoms with E-state index in [9.17, 15) is 0 Å². The van der Waals surface area contributed by atoms with E-state index in [0.717, 1.165) is 55.4 Å². The molecular formula is C61H42N4. The van der Waals surface area contributed by atoms with Crippen LogP contribution in [-0.2, 0) is 5.41 Å². The lowest BCUT2D eigenvalue weighted by molar-refractivity contribution is 0.632. The number of fused-ring (bicyclic) bond motifs is 10. The van der Waals surface area contributed by atoms with Gasteiger partial charge >= 0.3 is 0 Å². The van der Waals surface area contributed by atoms with E-state index in [1.54, 1.807) is 0 Å². The fourth-order valence-corrected chi connectivity index (χ4v) is 10.7. The van der Waals surface area contributed by atoms with Gasteiger partial charge in [-0.15, -0.1) is 0 Å². The number of aromatic nitrogens is 3. The zero-order chi connectivity index (χ0) is 43.2. The molecule has 13 rings (SSSR count). The normalized spacial score (nSPS) is 13.2. The van der Waals surface area contributed by atoms with Crippen LogP contribution >= 0.6 is 0 Å². The largest absolute Gasteiger partial charge is 0.310 e. The first-order chi connectivity index (χ1) is 32.0. The Bertz CT molecular complexity index is 3870. The van der Waals surface area contributed by atoms with E-state index in [1.165, 1.54) is 60.7 Å². The fourth-order valence-electron chi connectivity index (χ4n) is 10.7. The van der Waals surface area contributed by atoms with E-state index < -0.39 is 0 Å². The predicted molar refractivity (Wildman–Crippen MR) is 272 cm³/mol. The van der Waals surface area contributed by atoms with E-state index in [4.69, 9.17) is 9.97 Å². The van der Waals surface area contributed by atoms with Crippen molar-refractivity contribution in [2.24, 2.45) is 0 Å². The van der Waals surface area contributed by atoms with Crippen LogP contribution in [0.4, 0.5) is 17.1 Å². The third kappa shape index (κ3) is 5.70. The van der Waals surface area contributed by atoms with E-state index in [1.807, 2.05) is 0 Å². The molecule has 0 aliphatic carbocycles. The van der Waals surface area contributed by atoms with Crippen LogP contribution in [0.5, 0.6) is 0 Å². The minimum atomic E-state index is -0.248. The third-order valence-corrected chi connectivity index (χ3v) is 13.7. The predicted octanol–water partition coefficient (Wildman–Crippen LogP) is 16.1. The number of hydrogen-bond donors (Lipinski definition) is 0. The lowest BCUT2D eigenvalue weighted by Gasteiger charge is -2.42. The van der Waals surface area contributed by atoms with Crippen LogP contribution in [-0.4, -0.2) is 14.5 Å². The van der Waals surface area contributed by atoms with Gasteiger partial charge in [0.25, 0.3) is 0 Å². The van der Waals surface area contributed by atoms with Gasteiger partial charge in [0, 0.05) is 55.0 Å².